The second kappa shape index (κ2) is 12.2. The SMILES string of the molecule is COc1ccc(NC(=O)/C(C#N)=C/c2ccc(OS(=O)(=O)c3ccc(NC(C)=O)cc3)c(Br)c2)c([N+](=O)[O-])c1. The first-order valence-electron chi connectivity index (χ1n) is 10.8. The maximum absolute atomic E-state index is 12.7. The highest BCUT2D eigenvalue weighted by atomic mass is 79.9. The molecule has 0 fully saturated rings. The fraction of sp³-hybridized carbons (Fsp3) is 0.0800. The Kier molecular flexibility index (Phi) is 9.02. The lowest BCUT2D eigenvalue weighted by Gasteiger charge is -2.10. The van der Waals surface area contributed by atoms with Gasteiger partial charge >= 0.3 is 10.1 Å². The summed E-state index contributed by atoms with van der Waals surface area (Å²) < 4.78 is 35.7. The molecule has 0 bridgehead atoms. The number of benzene rings is 3. The second-order valence-electron chi connectivity index (χ2n) is 7.70. The first-order chi connectivity index (χ1) is 18.4. The average molecular weight is 615 g/mol. The third-order valence-corrected chi connectivity index (χ3v) is 6.81. The zero-order valence-corrected chi connectivity index (χ0v) is 22.7. The lowest BCUT2D eigenvalue weighted by Crippen LogP contribution is -2.14. The zero-order chi connectivity index (χ0) is 28.7. The first-order valence-corrected chi connectivity index (χ1v) is 13.0. The number of anilines is 2. The summed E-state index contributed by atoms with van der Waals surface area (Å²) in [5, 5.41) is 25.7. The molecule has 14 heteroatoms. The molecule has 0 aromatic heterocycles. The van der Waals surface area contributed by atoms with Crippen LogP contribution in [-0.2, 0) is 19.7 Å². The molecule has 3 rings (SSSR count). The van der Waals surface area contributed by atoms with Gasteiger partial charge in [-0.1, -0.05) is 6.07 Å². The van der Waals surface area contributed by atoms with E-state index in [1.807, 2.05) is 0 Å². The Balaban J connectivity index is 1.80. The van der Waals surface area contributed by atoms with E-state index in [1.54, 1.807) is 6.07 Å². The highest BCUT2D eigenvalue weighted by Gasteiger charge is 2.21. The molecule has 0 atom stereocenters. The minimum atomic E-state index is -4.22. The van der Waals surface area contributed by atoms with Gasteiger partial charge in [0.05, 0.1) is 22.6 Å². The van der Waals surface area contributed by atoms with Crippen molar-refractivity contribution in [2.45, 2.75) is 11.8 Å². The summed E-state index contributed by atoms with van der Waals surface area (Å²) in [5.41, 5.74) is -0.171. The van der Waals surface area contributed by atoms with E-state index < -0.39 is 26.6 Å². The molecule has 0 aliphatic rings. The third-order valence-electron chi connectivity index (χ3n) is 4.94. The van der Waals surface area contributed by atoms with Crippen molar-refractivity contribution in [3.63, 3.8) is 0 Å². The van der Waals surface area contributed by atoms with Crippen LogP contribution in [0.3, 0.4) is 0 Å². The smallest absolute Gasteiger partial charge is 0.339 e. The zero-order valence-electron chi connectivity index (χ0n) is 20.3. The number of hydrogen-bond acceptors (Lipinski definition) is 9. The Hall–Kier alpha value is -4.74. The number of nitro benzene ring substituents is 1. The van der Waals surface area contributed by atoms with Gasteiger partial charge in [0.25, 0.3) is 11.6 Å². The van der Waals surface area contributed by atoms with E-state index in [1.165, 1.54) is 74.7 Å². The minimum Gasteiger partial charge on any atom is -0.496 e. The number of nitrogens with one attached hydrogen (secondary N) is 2. The number of amides is 2. The number of rotatable bonds is 9. The molecule has 0 saturated carbocycles. The molecule has 0 aliphatic heterocycles. The van der Waals surface area contributed by atoms with E-state index in [-0.39, 0.29) is 38.0 Å². The minimum absolute atomic E-state index is 0.0603. The van der Waals surface area contributed by atoms with Crippen molar-refractivity contribution in [3.05, 3.63) is 86.4 Å². The largest absolute Gasteiger partial charge is 0.496 e. The number of ether oxygens (including phenoxy) is 1. The number of carbonyl (C=O) groups is 2. The molecule has 0 unspecified atom stereocenters. The van der Waals surface area contributed by atoms with Crippen molar-refractivity contribution in [1.82, 2.24) is 0 Å². The maximum atomic E-state index is 12.7. The quantitative estimate of drug-likeness (QED) is 0.114. The number of methoxy groups -OCH3 is 1. The predicted molar refractivity (Wildman–Crippen MR) is 145 cm³/mol. The van der Waals surface area contributed by atoms with E-state index in [0.29, 0.717) is 11.3 Å². The van der Waals surface area contributed by atoms with Crippen LogP contribution in [0, 0.1) is 21.4 Å². The van der Waals surface area contributed by atoms with E-state index >= 15 is 0 Å². The second-order valence-corrected chi connectivity index (χ2v) is 10.1. The molecular formula is C25H19BrN4O8S. The molecule has 200 valence electrons. The fourth-order valence-corrected chi connectivity index (χ4v) is 4.68. The summed E-state index contributed by atoms with van der Waals surface area (Å²) >= 11 is 3.22. The Morgan fingerprint density at radius 2 is 1.77 bits per heavy atom. The molecular weight excluding hydrogens is 596 g/mol. The van der Waals surface area contributed by atoms with Crippen molar-refractivity contribution in [3.8, 4) is 17.6 Å². The molecule has 3 aromatic rings. The topological polar surface area (TPSA) is 178 Å². The normalized spacial score (nSPS) is 11.2. The van der Waals surface area contributed by atoms with Gasteiger partial charge in [0.15, 0.2) is 5.75 Å². The van der Waals surface area contributed by atoms with Crippen LogP contribution in [0.15, 0.2) is 75.6 Å². The third kappa shape index (κ3) is 7.40. The molecule has 3 aromatic carbocycles. The lowest BCUT2D eigenvalue weighted by molar-refractivity contribution is -0.384. The average Bonchev–Trinajstić information content (AvgIpc) is 2.88. The highest BCUT2D eigenvalue weighted by Crippen LogP contribution is 2.31. The van der Waals surface area contributed by atoms with E-state index in [4.69, 9.17) is 8.92 Å². The number of carbonyl (C=O) groups excluding carboxylic acids is 2. The highest BCUT2D eigenvalue weighted by molar-refractivity contribution is 9.10. The van der Waals surface area contributed by atoms with Gasteiger partial charge in [-0.25, -0.2) is 0 Å². The maximum Gasteiger partial charge on any atom is 0.339 e. The van der Waals surface area contributed by atoms with E-state index in [0.717, 1.165) is 6.07 Å². The first kappa shape index (κ1) is 28.8. The van der Waals surface area contributed by atoms with Crippen LogP contribution in [0.4, 0.5) is 17.1 Å². The summed E-state index contributed by atoms with van der Waals surface area (Å²) in [5.74, 6) is -1.05. The number of nitrogens with zero attached hydrogens (tertiary/aromatic N) is 2. The lowest BCUT2D eigenvalue weighted by atomic mass is 10.1. The summed E-state index contributed by atoms with van der Waals surface area (Å²) in [6.45, 7) is 1.32. The van der Waals surface area contributed by atoms with Crippen molar-refractivity contribution in [2.24, 2.45) is 0 Å². The molecule has 2 amide bonds. The van der Waals surface area contributed by atoms with Crippen molar-refractivity contribution < 1.29 is 31.9 Å². The standard InChI is InChI=1S/C25H19BrN4O8S/c1-15(31)28-18-4-7-20(8-5-18)39(35,36)38-24-10-3-16(12-21(24)26)11-17(14-27)25(32)29-22-9-6-19(37-2)13-23(22)30(33)34/h3-13H,1-2H3,(H,28,31)(H,29,32)/b17-11+. The van der Waals surface area contributed by atoms with Gasteiger partial charge in [0, 0.05) is 12.6 Å². The van der Waals surface area contributed by atoms with Crippen LogP contribution in [0.25, 0.3) is 6.08 Å². The van der Waals surface area contributed by atoms with Crippen LogP contribution in [0.5, 0.6) is 11.5 Å². The number of hydrogen-bond donors (Lipinski definition) is 2. The number of nitriles is 1. The van der Waals surface area contributed by atoms with Gasteiger partial charge in [-0.05, 0) is 76.1 Å². The Bertz CT molecular complexity index is 1630. The molecule has 39 heavy (non-hydrogen) atoms. The molecule has 12 nitrogen and oxygen atoms in total. The van der Waals surface area contributed by atoms with Gasteiger partial charge in [0.2, 0.25) is 5.91 Å². The number of halogens is 1. The van der Waals surface area contributed by atoms with Crippen LogP contribution in [-0.4, -0.2) is 32.3 Å². The Morgan fingerprint density at radius 1 is 1.08 bits per heavy atom. The molecule has 2 N–H and O–H groups in total. The van der Waals surface area contributed by atoms with E-state index in [2.05, 4.69) is 26.6 Å². The van der Waals surface area contributed by atoms with Crippen molar-refractivity contribution in [1.29, 1.82) is 5.26 Å². The van der Waals surface area contributed by atoms with Gasteiger partial charge in [0.1, 0.15) is 28.0 Å². The van der Waals surface area contributed by atoms with Crippen LogP contribution < -0.4 is 19.6 Å². The Labute approximate surface area is 231 Å². The molecule has 0 saturated heterocycles. The molecule has 0 aliphatic carbocycles. The van der Waals surface area contributed by atoms with Gasteiger partial charge in [-0.2, -0.15) is 13.7 Å². The summed E-state index contributed by atoms with van der Waals surface area (Å²) in [6, 6.07) is 15.1. The monoisotopic (exact) mass is 614 g/mol. The molecule has 0 heterocycles. The Morgan fingerprint density at radius 3 is 2.33 bits per heavy atom. The molecule has 0 spiro atoms. The van der Waals surface area contributed by atoms with Gasteiger partial charge in [-0.15, -0.1) is 0 Å². The number of nitro groups is 1. The van der Waals surface area contributed by atoms with Crippen LogP contribution in [0.1, 0.15) is 12.5 Å². The van der Waals surface area contributed by atoms with Crippen LogP contribution in [0.2, 0.25) is 0 Å². The summed E-state index contributed by atoms with van der Waals surface area (Å²) in [6.07, 6.45) is 1.22. The van der Waals surface area contributed by atoms with Gasteiger partial charge < -0.3 is 19.6 Å². The fourth-order valence-electron chi connectivity index (χ4n) is 3.15. The van der Waals surface area contributed by atoms with Crippen molar-refractivity contribution >= 4 is 61.0 Å². The van der Waals surface area contributed by atoms with Gasteiger partial charge in [-0.3, -0.25) is 19.7 Å². The van der Waals surface area contributed by atoms with E-state index in [9.17, 15) is 33.4 Å². The van der Waals surface area contributed by atoms with Crippen LogP contribution >= 0.6 is 15.9 Å². The summed E-state index contributed by atoms with van der Waals surface area (Å²) in [7, 11) is -2.89. The summed E-state index contributed by atoms with van der Waals surface area (Å²) in [4.78, 5) is 34.3. The molecule has 0 radical (unpaired) electrons. The predicted octanol–water partition coefficient (Wildman–Crippen LogP) is 4.64. The van der Waals surface area contributed by atoms with Crippen molar-refractivity contribution in [2.75, 3.05) is 17.7 Å².